The Labute approximate surface area is 129 Å². The van der Waals surface area contributed by atoms with Gasteiger partial charge in [-0.1, -0.05) is 25.9 Å². The maximum Gasteiger partial charge on any atom is 0.409 e. The molecule has 2 rings (SSSR count). The zero-order valence-corrected chi connectivity index (χ0v) is 13.4. The van der Waals surface area contributed by atoms with Gasteiger partial charge in [-0.15, -0.1) is 0 Å². The number of piperazine rings is 1. The second-order valence-corrected chi connectivity index (χ2v) is 6.20. The molecule has 0 bridgehead atoms. The predicted octanol–water partition coefficient (Wildman–Crippen LogP) is 1.89. The molecular weight excluding hydrogens is 288 g/mol. The minimum atomic E-state index is -0.369. The first-order chi connectivity index (χ1) is 10.3. The third-order valence-corrected chi connectivity index (χ3v) is 3.48. The zero-order valence-electron chi connectivity index (χ0n) is 13.4. The summed E-state index contributed by atoms with van der Waals surface area (Å²) in [5.74, 6) is 1.10. The van der Waals surface area contributed by atoms with E-state index in [0.29, 0.717) is 37.8 Å². The molecule has 0 saturated carbocycles. The number of nitrogens with zero attached hydrogens (tertiary/aromatic N) is 3. The van der Waals surface area contributed by atoms with Crippen LogP contribution in [0.5, 0.6) is 0 Å². The Kier molecular flexibility index (Phi) is 4.58. The Hall–Kier alpha value is -2.25. The van der Waals surface area contributed by atoms with Gasteiger partial charge in [0, 0.05) is 37.7 Å². The minimum Gasteiger partial charge on any atom is -0.453 e. The van der Waals surface area contributed by atoms with Gasteiger partial charge >= 0.3 is 12.1 Å². The Morgan fingerprint density at radius 1 is 1.23 bits per heavy atom. The molecule has 0 spiro atoms. The van der Waals surface area contributed by atoms with Crippen molar-refractivity contribution >= 4 is 17.9 Å². The molecule has 0 radical (unpaired) electrons. The van der Waals surface area contributed by atoms with Crippen LogP contribution >= 0.6 is 0 Å². The van der Waals surface area contributed by atoms with E-state index in [1.807, 2.05) is 20.8 Å². The van der Waals surface area contributed by atoms with E-state index in [0.717, 1.165) is 0 Å². The quantitative estimate of drug-likeness (QED) is 0.855. The van der Waals surface area contributed by atoms with E-state index < -0.39 is 0 Å². The molecule has 1 fully saturated rings. The third kappa shape index (κ3) is 3.69. The van der Waals surface area contributed by atoms with E-state index >= 15 is 0 Å². The maximum atomic E-state index is 12.2. The molecule has 3 amide bonds. The number of methoxy groups -OCH3 is 1. The highest BCUT2D eigenvalue weighted by Gasteiger charge is 2.26. The fraction of sp³-hybridized carbons (Fsp3) is 0.643. The van der Waals surface area contributed by atoms with Gasteiger partial charge in [0.15, 0.2) is 5.82 Å². The molecule has 1 saturated heterocycles. The number of carbonyl (C=O) groups is 2. The SMILES string of the molecule is COC(=O)N1CCN(C(=O)Nc2cc(C(C)(C)C)on2)CC1. The molecule has 0 aromatic carbocycles. The summed E-state index contributed by atoms with van der Waals surface area (Å²) in [4.78, 5) is 26.8. The summed E-state index contributed by atoms with van der Waals surface area (Å²) in [6, 6.07) is 1.47. The average Bonchev–Trinajstić information content (AvgIpc) is 2.95. The third-order valence-electron chi connectivity index (χ3n) is 3.48. The zero-order chi connectivity index (χ0) is 16.3. The minimum absolute atomic E-state index is 0.165. The van der Waals surface area contributed by atoms with Gasteiger partial charge in [-0.2, -0.15) is 0 Å². The van der Waals surface area contributed by atoms with Crippen molar-refractivity contribution in [2.24, 2.45) is 0 Å². The standard InChI is InChI=1S/C14H22N4O4/c1-14(2,3)10-9-11(16-22-10)15-12(19)17-5-7-18(8-6-17)13(20)21-4/h9H,5-8H2,1-4H3,(H,15,16,19). The van der Waals surface area contributed by atoms with Gasteiger partial charge in [0.1, 0.15) is 5.76 Å². The lowest BCUT2D eigenvalue weighted by Crippen LogP contribution is -2.51. The number of anilines is 1. The number of amides is 3. The van der Waals surface area contributed by atoms with E-state index in [-0.39, 0.29) is 17.5 Å². The second-order valence-electron chi connectivity index (χ2n) is 6.20. The molecule has 122 valence electrons. The van der Waals surface area contributed by atoms with Crippen LogP contribution in [0.25, 0.3) is 0 Å². The number of aromatic nitrogens is 1. The second kappa shape index (κ2) is 6.25. The monoisotopic (exact) mass is 310 g/mol. The van der Waals surface area contributed by atoms with E-state index in [2.05, 4.69) is 15.2 Å². The van der Waals surface area contributed by atoms with Gasteiger partial charge in [-0.3, -0.25) is 5.32 Å². The van der Waals surface area contributed by atoms with Crippen molar-refractivity contribution in [3.63, 3.8) is 0 Å². The fourth-order valence-corrected chi connectivity index (χ4v) is 2.10. The summed E-state index contributed by atoms with van der Waals surface area (Å²) in [7, 11) is 1.35. The molecule has 1 aromatic rings. The molecule has 1 aliphatic heterocycles. The average molecular weight is 310 g/mol. The first-order valence-corrected chi connectivity index (χ1v) is 7.17. The number of nitrogens with one attached hydrogen (secondary N) is 1. The molecule has 0 atom stereocenters. The van der Waals surface area contributed by atoms with Crippen LogP contribution in [0, 0.1) is 0 Å². The van der Waals surface area contributed by atoms with Crippen LogP contribution in [0.1, 0.15) is 26.5 Å². The number of hydrogen-bond donors (Lipinski definition) is 1. The van der Waals surface area contributed by atoms with E-state index in [4.69, 9.17) is 4.52 Å². The lowest BCUT2D eigenvalue weighted by Gasteiger charge is -2.33. The van der Waals surface area contributed by atoms with Crippen molar-refractivity contribution in [3.8, 4) is 0 Å². The van der Waals surface area contributed by atoms with Crippen molar-refractivity contribution in [1.29, 1.82) is 0 Å². The molecular formula is C14H22N4O4. The molecule has 1 aromatic heterocycles. The normalized spacial score (nSPS) is 15.6. The smallest absolute Gasteiger partial charge is 0.409 e. The van der Waals surface area contributed by atoms with Gasteiger partial charge in [0.25, 0.3) is 0 Å². The Morgan fingerprint density at radius 2 is 1.82 bits per heavy atom. The topological polar surface area (TPSA) is 87.9 Å². The first-order valence-electron chi connectivity index (χ1n) is 7.17. The summed E-state index contributed by atoms with van der Waals surface area (Å²) in [6.45, 7) is 7.82. The maximum absolute atomic E-state index is 12.2. The highest BCUT2D eigenvalue weighted by Crippen LogP contribution is 2.24. The molecule has 1 aliphatic rings. The molecule has 2 heterocycles. The van der Waals surface area contributed by atoms with Crippen molar-refractivity contribution in [3.05, 3.63) is 11.8 Å². The summed E-state index contributed by atoms with van der Waals surface area (Å²) >= 11 is 0. The van der Waals surface area contributed by atoms with Crippen LogP contribution in [-0.2, 0) is 10.2 Å². The highest BCUT2D eigenvalue weighted by molar-refractivity contribution is 5.88. The lowest BCUT2D eigenvalue weighted by molar-refractivity contribution is 0.0992. The predicted molar refractivity (Wildman–Crippen MR) is 79.8 cm³/mol. The lowest BCUT2D eigenvalue weighted by atomic mass is 9.93. The van der Waals surface area contributed by atoms with Crippen molar-refractivity contribution in [2.75, 3.05) is 38.6 Å². The van der Waals surface area contributed by atoms with Gasteiger partial charge in [0.05, 0.1) is 7.11 Å². The largest absolute Gasteiger partial charge is 0.453 e. The Balaban J connectivity index is 1.88. The highest BCUT2D eigenvalue weighted by atomic mass is 16.5. The van der Waals surface area contributed by atoms with Crippen molar-refractivity contribution < 1.29 is 18.8 Å². The summed E-state index contributed by atoms with van der Waals surface area (Å²) in [5.41, 5.74) is -0.165. The molecule has 8 heteroatoms. The van der Waals surface area contributed by atoms with Crippen LogP contribution in [-0.4, -0.2) is 60.4 Å². The Morgan fingerprint density at radius 3 is 2.32 bits per heavy atom. The van der Waals surface area contributed by atoms with E-state index in [1.165, 1.54) is 7.11 Å². The Bertz CT molecular complexity index is 541. The van der Waals surface area contributed by atoms with Crippen molar-refractivity contribution in [2.45, 2.75) is 26.2 Å². The van der Waals surface area contributed by atoms with Crippen LogP contribution in [0.2, 0.25) is 0 Å². The number of rotatable bonds is 1. The van der Waals surface area contributed by atoms with Crippen LogP contribution in [0.4, 0.5) is 15.4 Å². The number of urea groups is 1. The van der Waals surface area contributed by atoms with E-state index in [1.54, 1.807) is 15.9 Å². The van der Waals surface area contributed by atoms with Crippen LogP contribution in [0.3, 0.4) is 0 Å². The summed E-state index contributed by atoms with van der Waals surface area (Å²) in [5, 5.41) is 6.57. The molecule has 8 nitrogen and oxygen atoms in total. The molecule has 22 heavy (non-hydrogen) atoms. The first kappa shape index (κ1) is 16.1. The molecule has 0 unspecified atom stereocenters. The summed E-state index contributed by atoms with van der Waals surface area (Å²) < 4.78 is 9.89. The van der Waals surface area contributed by atoms with Crippen LogP contribution < -0.4 is 5.32 Å². The van der Waals surface area contributed by atoms with Crippen LogP contribution in [0.15, 0.2) is 10.6 Å². The fourth-order valence-electron chi connectivity index (χ4n) is 2.10. The van der Waals surface area contributed by atoms with Crippen molar-refractivity contribution in [1.82, 2.24) is 15.0 Å². The van der Waals surface area contributed by atoms with Gasteiger partial charge in [-0.25, -0.2) is 9.59 Å². The molecule has 1 N–H and O–H groups in total. The summed E-state index contributed by atoms with van der Waals surface area (Å²) in [6.07, 6.45) is -0.369. The number of ether oxygens (including phenoxy) is 1. The van der Waals surface area contributed by atoms with E-state index in [9.17, 15) is 9.59 Å². The van der Waals surface area contributed by atoms with Gasteiger partial charge in [0.2, 0.25) is 0 Å². The molecule has 0 aliphatic carbocycles. The van der Waals surface area contributed by atoms with Gasteiger partial charge in [-0.05, 0) is 0 Å². The number of carbonyl (C=O) groups excluding carboxylic acids is 2. The number of hydrogen-bond acceptors (Lipinski definition) is 5. The van der Waals surface area contributed by atoms with Gasteiger partial charge < -0.3 is 19.1 Å².